The van der Waals surface area contributed by atoms with Gasteiger partial charge in [-0.15, -0.1) is 0 Å². The molecular weight excluding hydrogens is 164 g/mol. The second-order valence-corrected chi connectivity index (χ2v) is 4.51. The van der Waals surface area contributed by atoms with E-state index in [-0.39, 0.29) is 17.2 Å². The monoisotopic (exact) mass is 186 g/mol. The predicted molar refractivity (Wildman–Crippen MR) is 55.3 cm³/mol. The van der Waals surface area contributed by atoms with Gasteiger partial charge in [0.2, 0.25) is 0 Å². The number of Topliss-reactive ketones (excluding diaryl/α,β-unsaturated/α-hetero) is 1. The van der Waals surface area contributed by atoms with Crippen molar-refractivity contribution in [2.24, 2.45) is 16.9 Å². The summed E-state index contributed by atoms with van der Waals surface area (Å²) in [7, 11) is 0. The van der Waals surface area contributed by atoms with Gasteiger partial charge in [-0.05, 0) is 19.4 Å². The van der Waals surface area contributed by atoms with Crippen LogP contribution in [0.4, 0.5) is 0 Å². The molecule has 0 saturated heterocycles. The molecule has 0 radical (unpaired) electrons. The molecule has 1 atom stereocenters. The average Bonchev–Trinajstić information content (AvgIpc) is 2.01. The molecule has 78 valence electrons. The molecule has 0 fully saturated rings. The zero-order valence-electron chi connectivity index (χ0n) is 8.97. The van der Waals surface area contributed by atoms with Crippen molar-refractivity contribution in [2.75, 3.05) is 6.54 Å². The fraction of sp³-hybridized carbons (Fsp3) is 0.900. The van der Waals surface area contributed by atoms with Crippen LogP contribution >= 0.6 is 0 Å². The summed E-state index contributed by atoms with van der Waals surface area (Å²) in [5.41, 5.74) is 10.8. The lowest BCUT2D eigenvalue weighted by Gasteiger charge is -2.21. The molecule has 1 unspecified atom stereocenters. The summed E-state index contributed by atoms with van der Waals surface area (Å²) in [6, 6.07) is -0.313. The van der Waals surface area contributed by atoms with Crippen LogP contribution in [0.5, 0.6) is 0 Å². The van der Waals surface area contributed by atoms with E-state index in [1.165, 1.54) is 0 Å². The van der Waals surface area contributed by atoms with Crippen LogP contribution in [0.2, 0.25) is 0 Å². The van der Waals surface area contributed by atoms with Crippen LogP contribution in [0.25, 0.3) is 0 Å². The Morgan fingerprint density at radius 1 is 1.31 bits per heavy atom. The van der Waals surface area contributed by atoms with Crippen LogP contribution in [0.1, 0.15) is 40.0 Å². The molecule has 0 rings (SSSR count). The summed E-state index contributed by atoms with van der Waals surface area (Å²) in [4.78, 5) is 11.6. The van der Waals surface area contributed by atoms with Gasteiger partial charge in [0.05, 0.1) is 6.04 Å². The molecule has 0 bridgehead atoms. The molecule has 13 heavy (non-hydrogen) atoms. The first-order chi connectivity index (χ1) is 5.89. The highest BCUT2D eigenvalue weighted by Gasteiger charge is 2.26. The molecule has 0 aromatic heterocycles. The van der Waals surface area contributed by atoms with Crippen molar-refractivity contribution in [2.45, 2.75) is 46.1 Å². The lowest BCUT2D eigenvalue weighted by molar-refractivity contribution is -0.127. The van der Waals surface area contributed by atoms with Gasteiger partial charge in [0.25, 0.3) is 0 Å². The fourth-order valence-electron chi connectivity index (χ4n) is 1.20. The van der Waals surface area contributed by atoms with E-state index < -0.39 is 0 Å². The van der Waals surface area contributed by atoms with Crippen molar-refractivity contribution in [1.82, 2.24) is 0 Å². The number of nitrogens with two attached hydrogens (primary N) is 2. The van der Waals surface area contributed by atoms with E-state index in [0.717, 1.165) is 19.3 Å². The number of rotatable bonds is 5. The highest BCUT2D eigenvalue weighted by atomic mass is 16.1. The minimum atomic E-state index is -0.317. The van der Waals surface area contributed by atoms with Gasteiger partial charge in [-0.2, -0.15) is 0 Å². The van der Waals surface area contributed by atoms with Crippen molar-refractivity contribution in [3.05, 3.63) is 0 Å². The van der Waals surface area contributed by atoms with Gasteiger partial charge in [0, 0.05) is 5.41 Å². The molecule has 0 aliphatic heterocycles. The maximum Gasteiger partial charge on any atom is 0.154 e. The van der Waals surface area contributed by atoms with Crippen LogP contribution < -0.4 is 11.5 Å². The lowest BCUT2D eigenvalue weighted by atomic mass is 9.85. The molecule has 3 heteroatoms. The van der Waals surface area contributed by atoms with Crippen molar-refractivity contribution in [1.29, 1.82) is 0 Å². The molecule has 0 aromatic rings. The lowest BCUT2D eigenvalue weighted by Crippen LogP contribution is -2.38. The molecule has 0 spiro atoms. The first kappa shape index (κ1) is 12.6. The van der Waals surface area contributed by atoms with Gasteiger partial charge < -0.3 is 11.5 Å². The van der Waals surface area contributed by atoms with E-state index in [4.69, 9.17) is 11.5 Å². The second kappa shape index (κ2) is 5.35. The molecular formula is C10H22N2O. The van der Waals surface area contributed by atoms with E-state index in [9.17, 15) is 4.79 Å². The molecule has 0 heterocycles. The predicted octanol–water partition coefficient (Wildman–Crippen LogP) is 1.06. The normalized spacial score (nSPS) is 14.2. The van der Waals surface area contributed by atoms with Crippen LogP contribution in [-0.2, 0) is 4.79 Å². The summed E-state index contributed by atoms with van der Waals surface area (Å²) in [6.07, 6.45) is 2.65. The van der Waals surface area contributed by atoms with Gasteiger partial charge in [-0.3, -0.25) is 4.79 Å². The van der Waals surface area contributed by atoms with Crippen LogP contribution in [0.3, 0.4) is 0 Å². The van der Waals surface area contributed by atoms with E-state index >= 15 is 0 Å². The van der Waals surface area contributed by atoms with Gasteiger partial charge in [-0.25, -0.2) is 0 Å². The summed E-state index contributed by atoms with van der Waals surface area (Å²) in [5.74, 6) is 0.143. The first-order valence-electron chi connectivity index (χ1n) is 4.89. The summed E-state index contributed by atoms with van der Waals surface area (Å²) < 4.78 is 0. The van der Waals surface area contributed by atoms with Gasteiger partial charge in [-0.1, -0.05) is 27.2 Å². The van der Waals surface area contributed by atoms with E-state index in [1.807, 2.05) is 20.8 Å². The Balaban J connectivity index is 3.84. The van der Waals surface area contributed by atoms with E-state index in [2.05, 4.69) is 0 Å². The molecule has 3 nitrogen and oxygen atoms in total. The highest BCUT2D eigenvalue weighted by Crippen LogP contribution is 2.17. The Bertz CT molecular complexity index is 161. The Morgan fingerprint density at radius 2 is 1.85 bits per heavy atom. The van der Waals surface area contributed by atoms with Crippen LogP contribution in [0, 0.1) is 5.41 Å². The van der Waals surface area contributed by atoms with Crippen molar-refractivity contribution < 1.29 is 4.79 Å². The maximum absolute atomic E-state index is 11.6. The fourth-order valence-corrected chi connectivity index (χ4v) is 1.20. The van der Waals surface area contributed by atoms with Gasteiger partial charge in [0.1, 0.15) is 0 Å². The Kier molecular flexibility index (Phi) is 5.18. The Hall–Kier alpha value is -0.410. The average molecular weight is 186 g/mol. The molecule has 0 amide bonds. The highest BCUT2D eigenvalue weighted by molar-refractivity contribution is 5.88. The summed E-state index contributed by atoms with van der Waals surface area (Å²) in [6.45, 7) is 6.38. The van der Waals surface area contributed by atoms with E-state index in [0.29, 0.717) is 6.54 Å². The smallest absolute Gasteiger partial charge is 0.154 e. The van der Waals surface area contributed by atoms with Crippen molar-refractivity contribution in [3.63, 3.8) is 0 Å². The van der Waals surface area contributed by atoms with Crippen LogP contribution in [0.15, 0.2) is 0 Å². The van der Waals surface area contributed by atoms with Gasteiger partial charge in [0.15, 0.2) is 5.78 Å². The van der Waals surface area contributed by atoms with Crippen molar-refractivity contribution >= 4 is 5.78 Å². The number of hydrogen-bond acceptors (Lipinski definition) is 3. The maximum atomic E-state index is 11.6. The molecule has 0 aliphatic carbocycles. The van der Waals surface area contributed by atoms with Gasteiger partial charge >= 0.3 is 0 Å². The summed E-state index contributed by atoms with van der Waals surface area (Å²) in [5, 5.41) is 0. The number of ketones is 1. The largest absolute Gasteiger partial charge is 0.330 e. The zero-order valence-corrected chi connectivity index (χ0v) is 8.97. The molecule has 0 aromatic carbocycles. The third-order valence-electron chi connectivity index (χ3n) is 2.05. The minimum Gasteiger partial charge on any atom is -0.330 e. The zero-order chi connectivity index (χ0) is 10.5. The third-order valence-corrected chi connectivity index (χ3v) is 2.05. The van der Waals surface area contributed by atoms with Crippen LogP contribution in [-0.4, -0.2) is 18.4 Å². The molecule has 0 aliphatic rings. The summed E-state index contributed by atoms with van der Waals surface area (Å²) >= 11 is 0. The Labute approximate surface area is 80.9 Å². The minimum absolute atomic E-state index is 0.143. The van der Waals surface area contributed by atoms with Crippen molar-refractivity contribution in [3.8, 4) is 0 Å². The Morgan fingerprint density at radius 3 is 2.23 bits per heavy atom. The quantitative estimate of drug-likeness (QED) is 0.631. The number of carbonyl (C=O) groups excluding carboxylic acids is 1. The molecule has 0 saturated carbocycles. The molecule has 4 N–H and O–H groups in total. The topological polar surface area (TPSA) is 69.1 Å². The van der Waals surface area contributed by atoms with E-state index in [1.54, 1.807) is 0 Å². The number of unbranched alkanes of at least 4 members (excludes halogenated alkanes) is 1. The standard InChI is InChI=1S/C10H22N2O/c1-10(2,3)9(13)8(12)6-4-5-7-11/h8H,4-7,11-12H2,1-3H3. The number of hydrogen-bond donors (Lipinski definition) is 2. The number of carbonyl (C=O) groups is 1. The second-order valence-electron chi connectivity index (χ2n) is 4.51. The third kappa shape index (κ3) is 5.01. The first-order valence-corrected chi connectivity index (χ1v) is 4.89. The SMILES string of the molecule is CC(C)(C)C(=O)C(N)CCCCN.